The minimum absolute atomic E-state index is 0.0564. The number of carbonyl (C=O) groups excluding carboxylic acids is 1. The van der Waals surface area contributed by atoms with Crippen LogP contribution >= 0.6 is 0 Å². The van der Waals surface area contributed by atoms with Gasteiger partial charge in [0, 0.05) is 12.3 Å². The molecular weight excluding hydrogens is 409 g/mol. The number of fused-ring (bicyclic) bond motifs is 1. The van der Waals surface area contributed by atoms with Crippen molar-refractivity contribution in [3.05, 3.63) is 54.1 Å². The summed E-state index contributed by atoms with van der Waals surface area (Å²) in [6, 6.07) is 4.59. The van der Waals surface area contributed by atoms with Crippen molar-refractivity contribution in [3.8, 4) is 5.75 Å². The molecule has 0 bridgehead atoms. The smallest absolute Gasteiger partial charge is 0.416 e. The summed E-state index contributed by atoms with van der Waals surface area (Å²) in [5.74, 6) is 0.452. The Morgan fingerprint density at radius 2 is 2.13 bits per heavy atom. The summed E-state index contributed by atoms with van der Waals surface area (Å²) < 4.78 is 49.5. The largest absolute Gasteiger partial charge is 0.491 e. The van der Waals surface area contributed by atoms with Crippen molar-refractivity contribution >= 4 is 5.97 Å². The van der Waals surface area contributed by atoms with Crippen molar-refractivity contribution in [1.82, 2.24) is 0 Å². The van der Waals surface area contributed by atoms with Gasteiger partial charge in [0.15, 0.2) is 0 Å². The first-order valence-corrected chi connectivity index (χ1v) is 10.7. The Bertz CT molecular complexity index is 802. The lowest BCUT2D eigenvalue weighted by atomic mass is 9.86. The van der Waals surface area contributed by atoms with Crippen LogP contribution in [0.4, 0.5) is 13.2 Å². The van der Waals surface area contributed by atoms with Crippen LogP contribution in [0.15, 0.2) is 48.6 Å². The van der Waals surface area contributed by atoms with Crippen molar-refractivity contribution in [2.75, 3.05) is 6.61 Å². The number of halogens is 3. The second-order valence-corrected chi connectivity index (χ2v) is 8.37. The van der Waals surface area contributed by atoms with Crippen LogP contribution in [0.3, 0.4) is 0 Å². The molecule has 1 saturated carbocycles. The topological polar surface area (TPSA) is 55.8 Å². The molecule has 3 rings (SSSR count). The molecule has 7 heteroatoms. The number of aliphatic hydroxyl groups is 1. The number of rotatable bonds is 5. The predicted octanol–water partition coefficient (Wildman–Crippen LogP) is 5.32. The summed E-state index contributed by atoms with van der Waals surface area (Å²) in [4.78, 5) is 12.0. The minimum atomic E-state index is -4.44. The molecule has 5 atom stereocenters. The normalized spacial score (nSPS) is 29.3. The highest BCUT2D eigenvalue weighted by molar-refractivity contribution is 5.69. The van der Waals surface area contributed by atoms with Gasteiger partial charge in [0.05, 0.1) is 5.56 Å². The summed E-state index contributed by atoms with van der Waals surface area (Å²) in [5.41, 5.74) is -0.792. The number of hydrogen-bond acceptors (Lipinski definition) is 4. The number of carbonyl (C=O) groups is 1. The van der Waals surface area contributed by atoms with Gasteiger partial charge in [-0.25, -0.2) is 0 Å². The van der Waals surface area contributed by atoms with Crippen molar-refractivity contribution in [1.29, 1.82) is 0 Å². The van der Waals surface area contributed by atoms with Crippen LogP contribution in [0.25, 0.3) is 0 Å². The molecule has 0 unspecified atom stereocenters. The third-order valence-electron chi connectivity index (χ3n) is 5.98. The number of ether oxygens (including phenoxy) is 2. The molecule has 0 saturated heterocycles. The van der Waals surface area contributed by atoms with Crippen molar-refractivity contribution in [2.45, 2.75) is 57.4 Å². The number of hydrogen-bond donors (Lipinski definition) is 1. The van der Waals surface area contributed by atoms with Crippen molar-refractivity contribution in [2.24, 2.45) is 17.8 Å². The maximum Gasteiger partial charge on any atom is 0.416 e. The Morgan fingerprint density at radius 1 is 1.32 bits per heavy atom. The van der Waals surface area contributed by atoms with Crippen LogP contribution < -0.4 is 4.74 Å². The molecule has 0 radical (unpaired) electrons. The van der Waals surface area contributed by atoms with E-state index in [1.54, 1.807) is 6.08 Å². The lowest BCUT2D eigenvalue weighted by Crippen LogP contribution is -2.25. The number of allylic oxidation sites excluding steroid dienone is 3. The summed E-state index contributed by atoms with van der Waals surface area (Å²) in [7, 11) is 0. The molecule has 4 nitrogen and oxygen atoms in total. The third-order valence-corrected chi connectivity index (χ3v) is 5.98. The molecule has 0 aromatic heterocycles. The molecule has 2 aliphatic rings. The Labute approximate surface area is 180 Å². The van der Waals surface area contributed by atoms with Crippen LogP contribution in [0.5, 0.6) is 5.75 Å². The zero-order chi connectivity index (χ0) is 22.4. The molecule has 31 heavy (non-hydrogen) atoms. The highest BCUT2D eigenvalue weighted by Crippen LogP contribution is 2.42. The highest BCUT2D eigenvalue weighted by atomic mass is 19.4. The van der Waals surface area contributed by atoms with Gasteiger partial charge < -0.3 is 14.6 Å². The van der Waals surface area contributed by atoms with Crippen LogP contribution in [0.2, 0.25) is 0 Å². The van der Waals surface area contributed by atoms with Gasteiger partial charge in [-0.05, 0) is 55.7 Å². The first-order valence-electron chi connectivity index (χ1n) is 10.7. The van der Waals surface area contributed by atoms with Crippen molar-refractivity contribution < 1.29 is 32.5 Å². The lowest BCUT2D eigenvalue weighted by molar-refractivity contribution is -0.151. The Hall–Kier alpha value is -2.28. The molecule has 0 spiro atoms. The van der Waals surface area contributed by atoms with E-state index in [-0.39, 0.29) is 42.2 Å². The molecule has 1 aromatic rings. The monoisotopic (exact) mass is 438 g/mol. The summed E-state index contributed by atoms with van der Waals surface area (Å²) in [6.45, 7) is 1.95. The Morgan fingerprint density at radius 3 is 2.90 bits per heavy atom. The van der Waals surface area contributed by atoms with Gasteiger partial charge in [0.25, 0.3) is 0 Å². The summed E-state index contributed by atoms with van der Waals surface area (Å²) in [6.07, 6.45) is 5.91. The minimum Gasteiger partial charge on any atom is -0.491 e. The maximum atomic E-state index is 12.8. The number of esters is 1. The second kappa shape index (κ2) is 10.4. The quantitative estimate of drug-likeness (QED) is 0.500. The standard InChI is InChI=1S/C24H29F3O4/c1-16-13-22-21(9-4-2-3-5-10-23(29)31-22)20(16)12-11-18(28)15-30-19-8-6-7-17(14-19)24(25,26)27/h2,4,6-8,11-12,14,16,18,20-22,28H,3,5,9-10,13,15H2,1H3/b4-2-,12-11+/t16-,18-,20+,21-,22+/m1/s1. The van der Waals surface area contributed by atoms with E-state index in [1.165, 1.54) is 12.1 Å². The average Bonchev–Trinajstić information content (AvgIpc) is 3.01. The van der Waals surface area contributed by atoms with E-state index in [4.69, 9.17) is 9.47 Å². The Balaban J connectivity index is 1.60. The first kappa shape index (κ1) is 23.4. The van der Waals surface area contributed by atoms with Gasteiger partial charge in [-0.15, -0.1) is 0 Å². The molecule has 1 heterocycles. The number of alkyl halides is 3. The zero-order valence-electron chi connectivity index (χ0n) is 17.6. The lowest BCUT2D eigenvalue weighted by Gasteiger charge is -2.24. The number of benzene rings is 1. The third kappa shape index (κ3) is 6.60. The summed E-state index contributed by atoms with van der Waals surface area (Å²) in [5, 5.41) is 10.3. The maximum absolute atomic E-state index is 12.8. The molecule has 0 amide bonds. The fraction of sp³-hybridized carbons (Fsp3) is 0.542. The Kier molecular flexibility index (Phi) is 7.81. The molecular formula is C24H29F3O4. The van der Waals surface area contributed by atoms with Gasteiger partial charge in [-0.3, -0.25) is 4.79 Å². The van der Waals surface area contributed by atoms with Crippen LogP contribution in [-0.2, 0) is 15.7 Å². The van der Waals surface area contributed by atoms with Crippen LogP contribution in [0, 0.1) is 17.8 Å². The summed E-state index contributed by atoms with van der Waals surface area (Å²) >= 11 is 0. The van der Waals surface area contributed by atoms with E-state index in [2.05, 4.69) is 19.1 Å². The fourth-order valence-corrected chi connectivity index (χ4v) is 4.36. The van der Waals surface area contributed by atoms with Crippen LogP contribution in [-0.4, -0.2) is 29.9 Å². The highest BCUT2D eigenvalue weighted by Gasteiger charge is 2.41. The van der Waals surface area contributed by atoms with Gasteiger partial charge in [0.2, 0.25) is 0 Å². The van der Waals surface area contributed by atoms with Crippen LogP contribution in [0.1, 0.15) is 44.6 Å². The number of aliphatic hydroxyl groups excluding tert-OH is 1. The van der Waals surface area contributed by atoms with Gasteiger partial charge in [-0.2, -0.15) is 13.2 Å². The molecule has 1 aliphatic carbocycles. The first-order chi connectivity index (χ1) is 14.7. The van der Waals surface area contributed by atoms with E-state index in [9.17, 15) is 23.1 Å². The van der Waals surface area contributed by atoms with E-state index in [1.807, 2.05) is 6.08 Å². The van der Waals surface area contributed by atoms with E-state index in [0.29, 0.717) is 6.42 Å². The van der Waals surface area contributed by atoms with Gasteiger partial charge in [-0.1, -0.05) is 37.3 Å². The van der Waals surface area contributed by atoms with E-state index >= 15 is 0 Å². The van der Waals surface area contributed by atoms with E-state index in [0.717, 1.165) is 37.8 Å². The molecule has 1 aliphatic heterocycles. The SMILES string of the molecule is C[C@@H]1C[C@@H]2OC(=O)CCC/C=C\C[C@@H]2[C@H]1/C=C/[C@@H](O)COc1cccc(C(F)(F)F)c1. The van der Waals surface area contributed by atoms with E-state index < -0.39 is 17.8 Å². The molecule has 1 N–H and O–H groups in total. The van der Waals surface area contributed by atoms with Gasteiger partial charge in [0.1, 0.15) is 24.6 Å². The van der Waals surface area contributed by atoms with Crippen molar-refractivity contribution in [3.63, 3.8) is 0 Å². The second-order valence-electron chi connectivity index (χ2n) is 8.37. The predicted molar refractivity (Wildman–Crippen MR) is 110 cm³/mol. The average molecular weight is 438 g/mol. The zero-order valence-corrected chi connectivity index (χ0v) is 17.6. The fourth-order valence-electron chi connectivity index (χ4n) is 4.36. The molecule has 1 aromatic carbocycles. The molecule has 170 valence electrons. The molecule has 1 fully saturated rings. The van der Waals surface area contributed by atoms with Gasteiger partial charge >= 0.3 is 12.1 Å².